The average molecular weight is 367 g/mol. The highest BCUT2D eigenvalue weighted by atomic mass is 16.3. The highest BCUT2D eigenvalue weighted by Crippen LogP contribution is 2.23. The quantitative estimate of drug-likeness (QED) is 0.699. The molecule has 1 aromatic heterocycles. The molecule has 1 amide bonds. The number of carbonyl (C=O) groups is 1. The van der Waals surface area contributed by atoms with Crippen LogP contribution in [-0.4, -0.2) is 28.7 Å². The number of aliphatic hydroxyl groups excluding tert-OH is 1. The highest BCUT2D eigenvalue weighted by molar-refractivity contribution is 5.94. The van der Waals surface area contributed by atoms with Crippen molar-refractivity contribution in [2.75, 3.05) is 7.05 Å². The Bertz CT molecular complexity index is 927. The minimum absolute atomic E-state index is 0.0837. The number of carbonyl (C=O) groups excluding carboxylic acids is 1. The maximum atomic E-state index is 12.8. The van der Waals surface area contributed by atoms with E-state index in [1.165, 1.54) is 11.6 Å². The Morgan fingerprint density at radius 2 is 2.11 bits per heavy atom. The zero-order chi connectivity index (χ0) is 19.6. The Balaban J connectivity index is 1.99. The van der Waals surface area contributed by atoms with Crippen LogP contribution in [0.5, 0.6) is 0 Å². The Labute approximate surface area is 158 Å². The molecule has 0 spiro atoms. The molecule has 142 valence electrons. The molecule has 0 radical (unpaired) electrons. The molecule has 0 bridgehead atoms. The van der Waals surface area contributed by atoms with Crippen LogP contribution >= 0.6 is 0 Å². The van der Waals surface area contributed by atoms with Gasteiger partial charge in [0.05, 0.1) is 12.6 Å². The van der Waals surface area contributed by atoms with Crippen molar-refractivity contribution in [2.45, 2.75) is 38.5 Å². The largest absolute Gasteiger partial charge is 0.389 e. The molecular formula is C21H25N3O3. The number of pyridine rings is 1. The Morgan fingerprint density at radius 1 is 1.37 bits per heavy atom. The number of rotatable bonds is 7. The number of nitrogens with zero attached hydrogens (tertiary/aromatic N) is 1. The van der Waals surface area contributed by atoms with Gasteiger partial charge in [-0.25, -0.2) is 0 Å². The summed E-state index contributed by atoms with van der Waals surface area (Å²) in [4.78, 5) is 25.0. The fraction of sp³-hybridized carbons (Fsp3) is 0.333. The van der Waals surface area contributed by atoms with Crippen molar-refractivity contribution in [3.63, 3.8) is 0 Å². The van der Waals surface area contributed by atoms with E-state index in [1.54, 1.807) is 19.2 Å². The molecule has 1 aromatic carbocycles. The first-order chi connectivity index (χ1) is 12.9. The van der Waals surface area contributed by atoms with Gasteiger partial charge in [0.1, 0.15) is 5.56 Å². The van der Waals surface area contributed by atoms with E-state index in [0.717, 1.165) is 24.0 Å². The van der Waals surface area contributed by atoms with E-state index < -0.39 is 12.0 Å². The molecule has 1 unspecified atom stereocenters. The second-order valence-corrected chi connectivity index (χ2v) is 6.97. The maximum Gasteiger partial charge on any atom is 0.263 e. The summed E-state index contributed by atoms with van der Waals surface area (Å²) in [6.45, 7) is 6.05. The van der Waals surface area contributed by atoms with E-state index in [2.05, 4.69) is 17.2 Å². The summed E-state index contributed by atoms with van der Waals surface area (Å²) in [6, 6.07) is 9.44. The van der Waals surface area contributed by atoms with Gasteiger partial charge in [0.15, 0.2) is 0 Å². The topological polar surface area (TPSA) is 83.4 Å². The van der Waals surface area contributed by atoms with Crippen LogP contribution in [0.3, 0.4) is 0 Å². The molecule has 1 heterocycles. The molecule has 0 aliphatic heterocycles. The van der Waals surface area contributed by atoms with Crippen molar-refractivity contribution >= 4 is 11.6 Å². The van der Waals surface area contributed by atoms with E-state index in [4.69, 9.17) is 0 Å². The second kappa shape index (κ2) is 7.80. The van der Waals surface area contributed by atoms with Crippen molar-refractivity contribution in [1.29, 1.82) is 0 Å². The molecule has 1 atom stereocenters. The van der Waals surface area contributed by atoms with Crippen LogP contribution in [0, 0.1) is 0 Å². The lowest BCUT2D eigenvalue weighted by Crippen LogP contribution is -2.32. The third-order valence-electron chi connectivity index (χ3n) is 4.65. The summed E-state index contributed by atoms with van der Waals surface area (Å²) in [5.74, 6) is -0.424. The smallest absolute Gasteiger partial charge is 0.263 e. The molecule has 1 saturated carbocycles. The standard InChI is InChI=1S/C21H25N3O3/c1-13(23-18-7-8-18)17-10-19(20(26)22-3)21(27)24(12-17)11-15-5-4-6-16(9-15)14(2)25/h4-6,9-10,12,14,18,23,25H,1,7-8,11H2,2-3H3,(H,22,26). The minimum atomic E-state index is -0.586. The van der Waals surface area contributed by atoms with Gasteiger partial charge in [0.2, 0.25) is 0 Å². The van der Waals surface area contributed by atoms with Gasteiger partial charge in [0.25, 0.3) is 11.5 Å². The van der Waals surface area contributed by atoms with E-state index in [9.17, 15) is 14.7 Å². The first-order valence-electron chi connectivity index (χ1n) is 9.08. The van der Waals surface area contributed by atoms with Gasteiger partial charge in [-0.1, -0.05) is 30.8 Å². The molecule has 0 saturated heterocycles. The van der Waals surface area contributed by atoms with Gasteiger partial charge in [-0.2, -0.15) is 0 Å². The lowest BCUT2D eigenvalue weighted by atomic mass is 10.1. The van der Waals surface area contributed by atoms with Crippen LogP contribution in [0.4, 0.5) is 0 Å². The van der Waals surface area contributed by atoms with Crippen LogP contribution in [0.1, 0.15) is 52.9 Å². The van der Waals surface area contributed by atoms with Gasteiger partial charge in [-0.05, 0) is 37.0 Å². The van der Waals surface area contributed by atoms with Crippen LogP contribution < -0.4 is 16.2 Å². The van der Waals surface area contributed by atoms with Gasteiger partial charge in [0, 0.05) is 30.5 Å². The van der Waals surface area contributed by atoms with E-state index in [-0.39, 0.29) is 11.1 Å². The van der Waals surface area contributed by atoms with Crippen molar-refractivity contribution in [1.82, 2.24) is 15.2 Å². The lowest BCUT2D eigenvalue weighted by Gasteiger charge is -2.15. The number of amides is 1. The third kappa shape index (κ3) is 4.46. The van der Waals surface area contributed by atoms with Gasteiger partial charge in [-0.3, -0.25) is 9.59 Å². The van der Waals surface area contributed by atoms with Crippen LogP contribution in [0.15, 0.2) is 47.9 Å². The third-order valence-corrected chi connectivity index (χ3v) is 4.65. The SMILES string of the molecule is C=C(NC1CC1)c1cc(C(=O)NC)c(=O)n(Cc2cccc(C(C)O)c2)c1. The molecule has 3 N–H and O–H groups in total. The minimum Gasteiger partial charge on any atom is -0.389 e. The number of benzene rings is 1. The second-order valence-electron chi connectivity index (χ2n) is 6.97. The molecule has 1 aliphatic carbocycles. The van der Waals surface area contributed by atoms with E-state index in [1.807, 2.05) is 24.3 Å². The Morgan fingerprint density at radius 3 is 2.74 bits per heavy atom. The number of aliphatic hydroxyl groups is 1. The summed E-state index contributed by atoms with van der Waals surface area (Å²) in [5.41, 5.74) is 2.79. The molecule has 2 aromatic rings. The van der Waals surface area contributed by atoms with Crippen LogP contribution in [-0.2, 0) is 6.54 Å². The van der Waals surface area contributed by atoms with E-state index in [0.29, 0.717) is 23.8 Å². The number of aromatic nitrogens is 1. The van der Waals surface area contributed by atoms with Gasteiger partial charge < -0.3 is 20.3 Å². The van der Waals surface area contributed by atoms with Crippen molar-refractivity contribution in [2.24, 2.45) is 0 Å². The maximum absolute atomic E-state index is 12.8. The van der Waals surface area contributed by atoms with Crippen molar-refractivity contribution in [3.8, 4) is 0 Å². The summed E-state index contributed by atoms with van der Waals surface area (Å²) in [5, 5.41) is 15.6. The molecule has 6 heteroatoms. The monoisotopic (exact) mass is 367 g/mol. The first kappa shape index (κ1) is 18.9. The average Bonchev–Trinajstić information content (AvgIpc) is 3.46. The van der Waals surface area contributed by atoms with Gasteiger partial charge in [-0.15, -0.1) is 0 Å². The zero-order valence-corrected chi connectivity index (χ0v) is 15.7. The van der Waals surface area contributed by atoms with Crippen LogP contribution in [0.2, 0.25) is 0 Å². The molecule has 1 fully saturated rings. The fourth-order valence-corrected chi connectivity index (χ4v) is 2.92. The molecule has 3 rings (SSSR count). The zero-order valence-electron chi connectivity index (χ0n) is 15.7. The summed E-state index contributed by atoms with van der Waals surface area (Å²) < 4.78 is 1.51. The summed E-state index contributed by atoms with van der Waals surface area (Å²) in [6.07, 6.45) is 3.35. The summed E-state index contributed by atoms with van der Waals surface area (Å²) >= 11 is 0. The Hall–Kier alpha value is -2.86. The predicted molar refractivity (Wildman–Crippen MR) is 105 cm³/mol. The first-order valence-corrected chi connectivity index (χ1v) is 9.08. The molecule has 1 aliphatic rings. The van der Waals surface area contributed by atoms with Crippen molar-refractivity contribution in [3.05, 3.63) is 75.7 Å². The fourth-order valence-electron chi connectivity index (χ4n) is 2.92. The number of hydrogen-bond acceptors (Lipinski definition) is 4. The Kier molecular flexibility index (Phi) is 5.46. The molecule has 27 heavy (non-hydrogen) atoms. The molecule has 6 nitrogen and oxygen atoms in total. The lowest BCUT2D eigenvalue weighted by molar-refractivity contribution is 0.0961. The predicted octanol–water partition coefficient (Wildman–Crippen LogP) is 2.03. The molecular weight excluding hydrogens is 342 g/mol. The van der Waals surface area contributed by atoms with Gasteiger partial charge >= 0.3 is 0 Å². The number of hydrogen-bond donors (Lipinski definition) is 3. The highest BCUT2D eigenvalue weighted by Gasteiger charge is 2.22. The summed E-state index contributed by atoms with van der Waals surface area (Å²) in [7, 11) is 1.50. The van der Waals surface area contributed by atoms with Crippen LogP contribution in [0.25, 0.3) is 5.70 Å². The van der Waals surface area contributed by atoms with Crippen molar-refractivity contribution < 1.29 is 9.90 Å². The number of nitrogens with one attached hydrogen (secondary N) is 2. The van der Waals surface area contributed by atoms with E-state index >= 15 is 0 Å². The normalized spacial score (nSPS) is 14.5.